The van der Waals surface area contributed by atoms with E-state index in [0.717, 1.165) is 18.7 Å². The van der Waals surface area contributed by atoms with Crippen molar-refractivity contribution in [3.8, 4) is 5.75 Å². The van der Waals surface area contributed by atoms with Gasteiger partial charge in [-0.05, 0) is 35.9 Å². The SMILES string of the molecule is CN=C(NCc1cccc(N2CC=CC2)c1)NCc1cc(Cl)ccc1OC(F)F. The highest BCUT2D eigenvalue weighted by molar-refractivity contribution is 6.30. The van der Waals surface area contributed by atoms with Crippen LogP contribution in [0.1, 0.15) is 11.1 Å². The van der Waals surface area contributed by atoms with Crippen LogP contribution in [0.4, 0.5) is 14.5 Å². The third-order valence-corrected chi connectivity index (χ3v) is 4.70. The van der Waals surface area contributed by atoms with E-state index in [1.165, 1.54) is 17.8 Å². The molecule has 5 nitrogen and oxygen atoms in total. The van der Waals surface area contributed by atoms with Gasteiger partial charge in [0.05, 0.1) is 0 Å². The van der Waals surface area contributed by atoms with Gasteiger partial charge in [0.25, 0.3) is 0 Å². The van der Waals surface area contributed by atoms with E-state index in [0.29, 0.717) is 23.1 Å². The standard InChI is InChI=1S/C21H23ClF2N4O/c1-25-21(27-14-16-12-17(22)7-8-19(16)29-20(23)24)26-13-15-5-4-6-18(11-15)28-9-2-3-10-28/h2-8,11-12,20H,9-10,13-14H2,1H3,(H2,25,26,27). The first kappa shape index (κ1) is 20.9. The fourth-order valence-corrected chi connectivity index (χ4v) is 3.23. The van der Waals surface area contributed by atoms with Gasteiger partial charge in [-0.3, -0.25) is 4.99 Å². The van der Waals surface area contributed by atoms with Crippen LogP contribution < -0.4 is 20.3 Å². The number of nitrogens with zero attached hydrogens (tertiary/aromatic N) is 2. The molecule has 3 rings (SSSR count). The average Bonchev–Trinajstić information content (AvgIpc) is 3.25. The van der Waals surface area contributed by atoms with Crippen molar-refractivity contribution in [3.05, 3.63) is 70.8 Å². The molecule has 0 amide bonds. The van der Waals surface area contributed by atoms with Crippen LogP contribution in [0.15, 0.2) is 59.6 Å². The molecule has 154 valence electrons. The highest BCUT2D eigenvalue weighted by Gasteiger charge is 2.11. The summed E-state index contributed by atoms with van der Waals surface area (Å²) in [5.41, 5.74) is 2.80. The zero-order chi connectivity index (χ0) is 20.6. The van der Waals surface area contributed by atoms with Gasteiger partial charge >= 0.3 is 6.61 Å². The average molecular weight is 421 g/mol. The van der Waals surface area contributed by atoms with Crippen molar-refractivity contribution in [2.24, 2.45) is 4.99 Å². The maximum atomic E-state index is 12.6. The van der Waals surface area contributed by atoms with E-state index in [9.17, 15) is 8.78 Å². The van der Waals surface area contributed by atoms with Gasteiger partial charge in [-0.2, -0.15) is 8.78 Å². The highest BCUT2D eigenvalue weighted by atomic mass is 35.5. The summed E-state index contributed by atoms with van der Waals surface area (Å²) in [4.78, 5) is 6.46. The molecule has 0 saturated heterocycles. The Bertz CT molecular complexity index is 881. The molecule has 0 aromatic heterocycles. The zero-order valence-corrected chi connectivity index (χ0v) is 16.8. The van der Waals surface area contributed by atoms with Gasteiger partial charge < -0.3 is 20.3 Å². The van der Waals surface area contributed by atoms with Crippen molar-refractivity contribution in [1.29, 1.82) is 0 Å². The lowest BCUT2D eigenvalue weighted by Crippen LogP contribution is -2.36. The zero-order valence-electron chi connectivity index (χ0n) is 16.0. The number of anilines is 1. The first-order valence-corrected chi connectivity index (χ1v) is 9.59. The Morgan fingerprint density at radius 2 is 1.90 bits per heavy atom. The molecule has 1 heterocycles. The minimum atomic E-state index is -2.90. The van der Waals surface area contributed by atoms with E-state index in [2.05, 4.69) is 49.5 Å². The van der Waals surface area contributed by atoms with Crippen molar-refractivity contribution < 1.29 is 13.5 Å². The Hall–Kier alpha value is -2.80. The van der Waals surface area contributed by atoms with Gasteiger partial charge in [-0.15, -0.1) is 0 Å². The van der Waals surface area contributed by atoms with Crippen molar-refractivity contribution >= 4 is 23.2 Å². The van der Waals surface area contributed by atoms with E-state index in [4.69, 9.17) is 11.6 Å². The molecule has 2 aromatic carbocycles. The van der Waals surface area contributed by atoms with Crippen molar-refractivity contribution in [2.75, 3.05) is 25.0 Å². The summed E-state index contributed by atoms with van der Waals surface area (Å²) >= 11 is 5.99. The summed E-state index contributed by atoms with van der Waals surface area (Å²) in [5, 5.41) is 6.78. The predicted octanol–water partition coefficient (Wildman–Crippen LogP) is 4.18. The number of halogens is 3. The number of nitrogens with one attached hydrogen (secondary N) is 2. The summed E-state index contributed by atoms with van der Waals surface area (Å²) in [7, 11) is 1.65. The molecule has 0 fully saturated rings. The van der Waals surface area contributed by atoms with E-state index < -0.39 is 6.61 Å². The maximum Gasteiger partial charge on any atom is 0.387 e. The molecular formula is C21H23ClF2N4O. The Morgan fingerprint density at radius 1 is 1.14 bits per heavy atom. The molecule has 0 radical (unpaired) electrons. The van der Waals surface area contributed by atoms with Crippen LogP contribution in [0.2, 0.25) is 5.02 Å². The number of aliphatic imine (C=N–C) groups is 1. The lowest BCUT2D eigenvalue weighted by atomic mass is 10.2. The van der Waals surface area contributed by atoms with Crippen molar-refractivity contribution in [2.45, 2.75) is 19.7 Å². The molecule has 0 aliphatic carbocycles. The monoisotopic (exact) mass is 420 g/mol. The number of ether oxygens (including phenoxy) is 1. The second-order valence-corrected chi connectivity index (χ2v) is 6.89. The molecule has 2 N–H and O–H groups in total. The van der Waals surface area contributed by atoms with E-state index in [1.807, 2.05) is 12.1 Å². The number of hydrogen-bond donors (Lipinski definition) is 2. The molecule has 2 aromatic rings. The number of rotatable bonds is 7. The maximum absolute atomic E-state index is 12.6. The minimum absolute atomic E-state index is 0.0827. The second kappa shape index (κ2) is 10.1. The molecule has 0 spiro atoms. The van der Waals surface area contributed by atoms with Crippen LogP contribution >= 0.6 is 11.6 Å². The first-order chi connectivity index (χ1) is 14.0. The minimum Gasteiger partial charge on any atom is -0.434 e. The first-order valence-electron chi connectivity index (χ1n) is 9.22. The molecule has 1 aliphatic rings. The summed E-state index contributed by atoms with van der Waals surface area (Å²) in [6.07, 6.45) is 4.30. The van der Waals surface area contributed by atoms with Gasteiger partial charge in [0, 0.05) is 49.5 Å². The van der Waals surface area contributed by atoms with Crippen LogP contribution in [0.5, 0.6) is 5.75 Å². The molecule has 0 atom stereocenters. The van der Waals surface area contributed by atoms with Gasteiger partial charge in [0.2, 0.25) is 0 Å². The molecule has 0 saturated carbocycles. The van der Waals surface area contributed by atoms with Crippen molar-refractivity contribution in [3.63, 3.8) is 0 Å². The Balaban J connectivity index is 1.58. The van der Waals surface area contributed by atoms with E-state index in [-0.39, 0.29) is 12.3 Å². The lowest BCUT2D eigenvalue weighted by molar-refractivity contribution is -0.0504. The molecule has 8 heteroatoms. The lowest BCUT2D eigenvalue weighted by Gasteiger charge is -2.19. The number of alkyl halides is 2. The smallest absolute Gasteiger partial charge is 0.387 e. The van der Waals surface area contributed by atoms with Gasteiger partial charge in [-0.25, -0.2) is 0 Å². The van der Waals surface area contributed by atoms with Gasteiger partial charge in [0.1, 0.15) is 5.75 Å². The van der Waals surface area contributed by atoms with Crippen LogP contribution in [-0.2, 0) is 13.1 Å². The number of hydrogen-bond acceptors (Lipinski definition) is 3. The summed E-state index contributed by atoms with van der Waals surface area (Å²) in [6.45, 7) is -0.247. The third kappa shape index (κ3) is 6.09. The van der Waals surface area contributed by atoms with Crippen LogP contribution in [-0.4, -0.2) is 32.7 Å². The van der Waals surface area contributed by atoms with Gasteiger partial charge in [-0.1, -0.05) is 35.9 Å². The summed E-state index contributed by atoms with van der Waals surface area (Å²) < 4.78 is 29.8. The topological polar surface area (TPSA) is 48.9 Å². The second-order valence-electron chi connectivity index (χ2n) is 6.46. The quantitative estimate of drug-likeness (QED) is 0.401. The predicted molar refractivity (Wildman–Crippen MR) is 113 cm³/mol. The summed E-state index contributed by atoms with van der Waals surface area (Å²) in [5.74, 6) is 0.625. The van der Waals surface area contributed by atoms with Crippen molar-refractivity contribution in [1.82, 2.24) is 10.6 Å². The fraction of sp³-hybridized carbons (Fsp3) is 0.286. The highest BCUT2D eigenvalue weighted by Crippen LogP contribution is 2.24. The molecule has 0 unspecified atom stereocenters. The molecular weight excluding hydrogens is 398 g/mol. The van der Waals surface area contributed by atoms with Gasteiger partial charge in [0.15, 0.2) is 5.96 Å². The largest absolute Gasteiger partial charge is 0.434 e. The van der Waals surface area contributed by atoms with Crippen LogP contribution in [0.25, 0.3) is 0 Å². The Morgan fingerprint density at radius 3 is 2.62 bits per heavy atom. The fourth-order valence-electron chi connectivity index (χ4n) is 3.03. The normalized spacial score (nSPS) is 13.8. The van der Waals surface area contributed by atoms with E-state index >= 15 is 0 Å². The van der Waals surface area contributed by atoms with Crippen LogP contribution in [0, 0.1) is 0 Å². The number of benzene rings is 2. The van der Waals surface area contributed by atoms with E-state index in [1.54, 1.807) is 13.1 Å². The Labute approximate surface area is 174 Å². The molecule has 1 aliphatic heterocycles. The molecule has 29 heavy (non-hydrogen) atoms. The summed E-state index contributed by atoms with van der Waals surface area (Å²) in [6, 6.07) is 12.8. The molecule has 0 bridgehead atoms. The number of guanidine groups is 1. The third-order valence-electron chi connectivity index (χ3n) is 4.46. The van der Waals surface area contributed by atoms with Crippen LogP contribution in [0.3, 0.4) is 0 Å². The Kier molecular flexibility index (Phi) is 7.30.